The van der Waals surface area contributed by atoms with Crippen molar-refractivity contribution in [2.45, 2.75) is 51.6 Å². The predicted octanol–water partition coefficient (Wildman–Crippen LogP) is 2.18. The van der Waals surface area contributed by atoms with E-state index in [1.54, 1.807) is 31.0 Å². The number of nitrogens with one attached hydrogen (secondary N) is 1. The van der Waals surface area contributed by atoms with Crippen LogP contribution in [0.2, 0.25) is 0 Å². The topological polar surface area (TPSA) is 86.4 Å². The molecule has 4 rings (SSSR count). The van der Waals surface area contributed by atoms with Crippen LogP contribution in [0.3, 0.4) is 0 Å². The third-order valence-electron chi connectivity index (χ3n) is 6.10. The molecule has 2 amide bonds. The zero-order valence-corrected chi connectivity index (χ0v) is 16.9. The standard InChI is InChI=1S/C22H26N4O3/c1-15-13-16(2)24-19(27)18(15)20(28)26-12-6-9-22(26)8-5-11-25(21(22)29)14-17-7-3-4-10-23-17/h3-4,7,10,13H,5-6,8-9,11-12,14H2,1-2H3,(H,24,27). The molecule has 1 N–H and O–H groups in total. The Kier molecular flexibility index (Phi) is 4.98. The molecule has 7 nitrogen and oxygen atoms in total. The minimum absolute atomic E-state index is 0.0264. The second-order valence-corrected chi connectivity index (χ2v) is 8.08. The number of rotatable bonds is 3. The van der Waals surface area contributed by atoms with Crippen LogP contribution in [0.25, 0.3) is 0 Å². The molecule has 0 saturated carbocycles. The van der Waals surface area contributed by atoms with E-state index in [0.29, 0.717) is 38.0 Å². The summed E-state index contributed by atoms with van der Waals surface area (Å²) in [7, 11) is 0. The average molecular weight is 394 g/mol. The number of piperidine rings is 1. The molecule has 1 atom stereocenters. The lowest BCUT2D eigenvalue weighted by Gasteiger charge is -2.44. The monoisotopic (exact) mass is 394 g/mol. The van der Waals surface area contributed by atoms with Gasteiger partial charge in [-0.15, -0.1) is 0 Å². The normalized spacial score (nSPS) is 21.8. The number of amides is 2. The summed E-state index contributed by atoms with van der Waals surface area (Å²) in [5.41, 5.74) is 1.10. The van der Waals surface area contributed by atoms with Crippen LogP contribution in [-0.2, 0) is 11.3 Å². The Morgan fingerprint density at radius 2 is 1.93 bits per heavy atom. The highest BCUT2D eigenvalue weighted by Crippen LogP contribution is 2.39. The molecule has 2 saturated heterocycles. The number of aromatic nitrogens is 2. The summed E-state index contributed by atoms with van der Waals surface area (Å²) < 4.78 is 0. The number of hydrogen-bond acceptors (Lipinski definition) is 4. The highest BCUT2D eigenvalue weighted by atomic mass is 16.2. The van der Waals surface area contributed by atoms with Gasteiger partial charge in [-0.2, -0.15) is 0 Å². The highest BCUT2D eigenvalue weighted by Gasteiger charge is 2.53. The van der Waals surface area contributed by atoms with Gasteiger partial charge in [0.25, 0.3) is 11.5 Å². The van der Waals surface area contributed by atoms with Gasteiger partial charge in [-0.3, -0.25) is 19.4 Å². The highest BCUT2D eigenvalue weighted by molar-refractivity contribution is 6.00. The molecule has 0 aromatic carbocycles. The molecule has 2 fully saturated rings. The summed E-state index contributed by atoms with van der Waals surface area (Å²) in [5, 5.41) is 0. The Morgan fingerprint density at radius 3 is 2.62 bits per heavy atom. The van der Waals surface area contributed by atoms with Crippen LogP contribution >= 0.6 is 0 Å². The molecular formula is C22H26N4O3. The van der Waals surface area contributed by atoms with Crippen molar-refractivity contribution in [3.8, 4) is 0 Å². The van der Waals surface area contributed by atoms with E-state index in [0.717, 1.165) is 24.2 Å². The molecule has 2 aromatic heterocycles. The molecule has 152 valence electrons. The summed E-state index contributed by atoms with van der Waals surface area (Å²) in [6.07, 6.45) is 4.58. The van der Waals surface area contributed by atoms with Gasteiger partial charge in [-0.1, -0.05) is 6.07 Å². The van der Waals surface area contributed by atoms with Gasteiger partial charge >= 0.3 is 0 Å². The fraction of sp³-hybridized carbons (Fsp3) is 0.455. The van der Waals surface area contributed by atoms with Crippen molar-refractivity contribution in [2.24, 2.45) is 0 Å². The molecule has 2 aromatic rings. The van der Waals surface area contributed by atoms with Crippen LogP contribution in [0.5, 0.6) is 0 Å². The van der Waals surface area contributed by atoms with Crippen LogP contribution < -0.4 is 5.56 Å². The number of H-pyrrole nitrogens is 1. The zero-order valence-electron chi connectivity index (χ0n) is 16.9. The van der Waals surface area contributed by atoms with Gasteiger partial charge in [0.05, 0.1) is 12.2 Å². The van der Waals surface area contributed by atoms with E-state index in [2.05, 4.69) is 9.97 Å². The van der Waals surface area contributed by atoms with Crippen molar-refractivity contribution in [3.05, 3.63) is 63.3 Å². The molecular weight excluding hydrogens is 368 g/mol. The van der Waals surface area contributed by atoms with Crippen molar-refractivity contribution in [1.82, 2.24) is 19.8 Å². The zero-order chi connectivity index (χ0) is 20.6. The number of aryl methyl sites for hydroxylation is 2. The minimum atomic E-state index is -0.853. The quantitative estimate of drug-likeness (QED) is 0.865. The number of nitrogens with zero attached hydrogens (tertiary/aromatic N) is 3. The maximum Gasteiger partial charge on any atom is 0.261 e. The summed E-state index contributed by atoms with van der Waals surface area (Å²) in [4.78, 5) is 50.0. The first-order valence-corrected chi connectivity index (χ1v) is 10.1. The van der Waals surface area contributed by atoms with E-state index >= 15 is 0 Å². The third kappa shape index (κ3) is 3.34. The lowest BCUT2D eigenvalue weighted by molar-refractivity contribution is -0.146. The van der Waals surface area contributed by atoms with E-state index in [9.17, 15) is 14.4 Å². The first kappa shape index (κ1) is 19.4. The van der Waals surface area contributed by atoms with Crippen LogP contribution in [0.4, 0.5) is 0 Å². The first-order chi connectivity index (χ1) is 13.9. The predicted molar refractivity (Wildman–Crippen MR) is 108 cm³/mol. The Balaban J connectivity index is 1.65. The molecule has 1 unspecified atom stereocenters. The second kappa shape index (κ2) is 7.46. The van der Waals surface area contributed by atoms with Crippen molar-refractivity contribution in [1.29, 1.82) is 0 Å². The molecule has 2 aliphatic rings. The van der Waals surface area contributed by atoms with Crippen molar-refractivity contribution >= 4 is 11.8 Å². The molecule has 4 heterocycles. The number of carbonyl (C=O) groups is 2. The van der Waals surface area contributed by atoms with E-state index < -0.39 is 5.54 Å². The van der Waals surface area contributed by atoms with Crippen LogP contribution in [-0.4, -0.2) is 50.2 Å². The van der Waals surface area contributed by atoms with Gasteiger partial charge in [-0.25, -0.2) is 0 Å². The van der Waals surface area contributed by atoms with Gasteiger partial charge in [0.1, 0.15) is 11.1 Å². The lowest BCUT2D eigenvalue weighted by Crippen LogP contribution is -2.61. The molecule has 0 aliphatic carbocycles. The van der Waals surface area contributed by atoms with E-state index in [-0.39, 0.29) is 22.9 Å². The third-order valence-corrected chi connectivity index (χ3v) is 6.10. The summed E-state index contributed by atoms with van der Waals surface area (Å²) in [6, 6.07) is 7.46. The summed E-state index contributed by atoms with van der Waals surface area (Å²) in [5.74, 6) is -0.365. The molecule has 2 aliphatic heterocycles. The fourth-order valence-corrected chi connectivity index (χ4v) is 4.81. The number of aromatic amines is 1. The number of hydrogen-bond donors (Lipinski definition) is 1. The van der Waals surface area contributed by atoms with Crippen molar-refractivity contribution in [2.75, 3.05) is 13.1 Å². The maximum absolute atomic E-state index is 13.5. The van der Waals surface area contributed by atoms with Crippen LogP contribution in [0, 0.1) is 13.8 Å². The maximum atomic E-state index is 13.5. The summed E-state index contributed by atoms with van der Waals surface area (Å²) in [6.45, 7) is 5.15. The Bertz CT molecular complexity index is 1000. The van der Waals surface area contributed by atoms with Crippen molar-refractivity contribution < 1.29 is 9.59 Å². The van der Waals surface area contributed by atoms with Gasteiger partial charge in [0, 0.05) is 25.0 Å². The largest absolute Gasteiger partial charge is 0.335 e. The SMILES string of the molecule is Cc1cc(C)c(C(=O)N2CCCC23CCCN(Cc2ccccn2)C3=O)c(=O)[nH]1. The lowest BCUT2D eigenvalue weighted by atomic mass is 9.84. The molecule has 0 bridgehead atoms. The van der Waals surface area contributed by atoms with Gasteiger partial charge < -0.3 is 14.8 Å². The second-order valence-electron chi connectivity index (χ2n) is 8.08. The number of carbonyl (C=O) groups excluding carboxylic acids is 2. The fourth-order valence-electron chi connectivity index (χ4n) is 4.81. The van der Waals surface area contributed by atoms with Crippen LogP contribution in [0.1, 0.15) is 53.0 Å². The Labute approximate surface area is 169 Å². The molecule has 0 radical (unpaired) electrons. The van der Waals surface area contributed by atoms with Crippen molar-refractivity contribution in [3.63, 3.8) is 0 Å². The molecule has 1 spiro atoms. The van der Waals surface area contributed by atoms with Gasteiger partial charge in [0.15, 0.2) is 0 Å². The van der Waals surface area contributed by atoms with E-state index in [1.807, 2.05) is 23.1 Å². The van der Waals surface area contributed by atoms with Gasteiger partial charge in [-0.05, 0) is 63.3 Å². The molecule has 29 heavy (non-hydrogen) atoms. The number of pyridine rings is 2. The molecule has 7 heteroatoms. The average Bonchev–Trinajstić information content (AvgIpc) is 3.10. The Morgan fingerprint density at radius 1 is 1.17 bits per heavy atom. The van der Waals surface area contributed by atoms with Crippen LogP contribution in [0.15, 0.2) is 35.3 Å². The Hall–Kier alpha value is -2.96. The summed E-state index contributed by atoms with van der Waals surface area (Å²) >= 11 is 0. The van der Waals surface area contributed by atoms with E-state index in [4.69, 9.17) is 0 Å². The number of likely N-dealkylation sites (tertiary alicyclic amines) is 2. The van der Waals surface area contributed by atoms with E-state index in [1.165, 1.54) is 0 Å². The van der Waals surface area contributed by atoms with Gasteiger partial charge in [0.2, 0.25) is 5.91 Å². The minimum Gasteiger partial charge on any atom is -0.335 e. The first-order valence-electron chi connectivity index (χ1n) is 10.1. The smallest absolute Gasteiger partial charge is 0.261 e.